The molecular formula is C27H28N8O2. The number of rotatable bonds is 7. The topological polar surface area (TPSA) is 96.7 Å². The van der Waals surface area contributed by atoms with E-state index in [9.17, 15) is 0 Å². The Labute approximate surface area is 213 Å². The lowest BCUT2D eigenvalue weighted by molar-refractivity contribution is -0.0277. The van der Waals surface area contributed by atoms with Crippen molar-refractivity contribution in [1.29, 1.82) is 0 Å². The largest absolute Gasteiger partial charge is 0.492 e. The van der Waals surface area contributed by atoms with Crippen LogP contribution in [0.3, 0.4) is 0 Å². The third kappa shape index (κ3) is 3.75. The van der Waals surface area contributed by atoms with E-state index < -0.39 is 0 Å². The molecule has 10 nitrogen and oxygen atoms in total. The maximum absolute atomic E-state index is 5.81. The van der Waals surface area contributed by atoms with Crippen molar-refractivity contribution in [1.82, 2.24) is 34.7 Å². The smallest absolute Gasteiger partial charge is 0.212 e. The number of ether oxygens (including phenoxy) is 2. The zero-order valence-electron chi connectivity index (χ0n) is 20.9. The van der Waals surface area contributed by atoms with Crippen LogP contribution in [0.1, 0.15) is 12.5 Å². The van der Waals surface area contributed by atoms with Gasteiger partial charge in [0.05, 0.1) is 37.0 Å². The zero-order chi connectivity index (χ0) is 25.0. The molecule has 5 aromatic rings. The number of pyridine rings is 3. The number of H-pyrrole nitrogens is 1. The predicted octanol–water partition coefficient (Wildman–Crippen LogP) is 3.40. The quantitative estimate of drug-likeness (QED) is 0.366. The Balaban J connectivity index is 1.05. The highest BCUT2D eigenvalue weighted by Gasteiger charge is 2.51. The van der Waals surface area contributed by atoms with E-state index >= 15 is 0 Å². The molecule has 0 unspecified atom stereocenters. The van der Waals surface area contributed by atoms with Crippen LogP contribution in [0.4, 0.5) is 5.82 Å². The summed E-state index contributed by atoms with van der Waals surface area (Å²) in [6, 6.07) is 10.3. The number of nitrogens with zero attached hydrogens (tertiary/aromatic N) is 7. The fourth-order valence-electron chi connectivity index (χ4n) is 5.76. The van der Waals surface area contributed by atoms with Gasteiger partial charge in [0.15, 0.2) is 5.65 Å². The van der Waals surface area contributed by atoms with Crippen molar-refractivity contribution in [3.63, 3.8) is 0 Å². The summed E-state index contributed by atoms with van der Waals surface area (Å²) in [6.45, 7) is 7.80. The molecular weight excluding hydrogens is 468 g/mol. The molecule has 0 atom stereocenters. The first-order valence-corrected chi connectivity index (χ1v) is 12.5. The van der Waals surface area contributed by atoms with E-state index in [0.29, 0.717) is 17.9 Å². The van der Waals surface area contributed by atoms with Gasteiger partial charge in [-0.15, -0.1) is 5.10 Å². The fourth-order valence-corrected chi connectivity index (χ4v) is 5.76. The molecule has 7 heterocycles. The average Bonchev–Trinajstić information content (AvgIpc) is 3.46. The van der Waals surface area contributed by atoms with Crippen molar-refractivity contribution in [2.45, 2.75) is 13.5 Å². The summed E-state index contributed by atoms with van der Waals surface area (Å²) >= 11 is 0. The van der Waals surface area contributed by atoms with Gasteiger partial charge in [0.25, 0.3) is 0 Å². The third-order valence-corrected chi connectivity index (χ3v) is 7.38. The minimum absolute atomic E-state index is 0.378. The lowest BCUT2D eigenvalue weighted by atomic mass is 9.72. The van der Waals surface area contributed by atoms with E-state index in [1.807, 2.05) is 42.3 Å². The van der Waals surface area contributed by atoms with Gasteiger partial charge in [0, 0.05) is 67.7 Å². The van der Waals surface area contributed by atoms with E-state index in [1.165, 1.54) is 5.56 Å². The monoisotopic (exact) mass is 496 g/mol. The van der Waals surface area contributed by atoms with E-state index in [4.69, 9.17) is 14.5 Å². The molecule has 0 amide bonds. The Morgan fingerprint density at radius 3 is 2.65 bits per heavy atom. The van der Waals surface area contributed by atoms with Crippen LogP contribution in [0.2, 0.25) is 0 Å². The molecule has 2 aliphatic rings. The Morgan fingerprint density at radius 2 is 1.92 bits per heavy atom. The maximum atomic E-state index is 5.81. The van der Waals surface area contributed by atoms with Crippen molar-refractivity contribution in [2.75, 3.05) is 44.8 Å². The molecule has 0 aromatic carbocycles. The number of likely N-dealkylation sites (tertiary alicyclic amines) is 1. The second kappa shape index (κ2) is 8.45. The highest BCUT2D eigenvalue weighted by atomic mass is 16.5. The van der Waals surface area contributed by atoms with Crippen LogP contribution in [-0.2, 0) is 6.54 Å². The van der Waals surface area contributed by atoms with Gasteiger partial charge in [-0.2, -0.15) is 5.10 Å². The van der Waals surface area contributed by atoms with Gasteiger partial charge in [-0.05, 0) is 30.7 Å². The SMILES string of the molecule is CCOc1cc(-c2ccc(N3CC4(CN(Cc5ccc(OC)nc5)C4)C3)nc2)c2c3cn[nH]c3nn2c1. The van der Waals surface area contributed by atoms with Gasteiger partial charge in [0.2, 0.25) is 5.88 Å². The van der Waals surface area contributed by atoms with Crippen LogP contribution in [0.5, 0.6) is 11.6 Å². The van der Waals surface area contributed by atoms with Crippen molar-refractivity contribution in [2.24, 2.45) is 5.41 Å². The number of methoxy groups -OCH3 is 1. The minimum Gasteiger partial charge on any atom is -0.492 e. The number of nitrogens with one attached hydrogen (secondary N) is 1. The molecule has 10 heteroatoms. The fraction of sp³-hybridized carbons (Fsp3) is 0.333. The number of hydrogen-bond donors (Lipinski definition) is 1. The summed E-state index contributed by atoms with van der Waals surface area (Å²) in [5.74, 6) is 2.45. The summed E-state index contributed by atoms with van der Waals surface area (Å²) in [7, 11) is 1.64. The summed E-state index contributed by atoms with van der Waals surface area (Å²) in [5.41, 5.74) is 5.39. The van der Waals surface area contributed by atoms with Gasteiger partial charge in [-0.1, -0.05) is 6.07 Å². The number of anilines is 1. The van der Waals surface area contributed by atoms with Gasteiger partial charge in [0.1, 0.15) is 11.6 Å². The van der Waals surface area contributed by atoms with Gasteiger partial charge >= 0.3 is 0 Å². The minimum atomic E-state index is 0.378. The first kappa shape index (κ1) is 22.1. The molecule has 2 fully saturated rings. The summed E-state index contributed by atoms with van der Waals surface area (Å²) in [6.07, 6.45) is 7.58. The van der Waals surface area contributed by atoms with Gasteiger partial charge in [-0.3, -0.25) is 10.00 Å². The van der Waals surface area contributed by atoms with Crippen LogP contribution in [0.25, 0.3) is 27.7 Å². The number of hydrogen-bond acceptors (Lipinski definition) is 8. The molecule has 0 bridgehead atoms. The van der Waals surface area contributed by atoms with Crippen LogP contribution in [0, 0.1) is 5.41 Å². The Kier molecular flexibility index (Phi) is 5.03. The molecule has 2 saturated heterocycles. The lowest BCUT2D eigenvalue weighted by Crippen LogP contribution is -2.72. The molecule has 0 radical (unpaired) electrons. The Hall–Kier alpha value is -4.18. The standard InChI is InChI=1S/C27H28N8O2/c1-3-37-20-8-21(25-22-11-30-31-26(22)32-35(25)13-20)19-5-6-23(28-10-19)34-16-27(17-34)14-33(15-27)12-18-4-7-24(36-2)29-9-18/h4-11,13H,3,12,14-17H2,1-2H3,(H,31,32). The van der Waals surface area contributed by atoms with Crippen LogP contribution >= 0.6 is 0 Å². The van der Waals surface area contributed by atoms with E-state index in [0.717, 1.165) is 72.0 Å². The van der Waals surface area contributed by atoms with Crippen LogP contribution in [-0.4, -0.2) is 74.6 Å². The van der Waals surface area contributed by atoms with E-state index in [-0.39, 0.29) is 0 Å². The number of aromatic amines is 1. The van der Waals surface area contributed by atoms with Crippen molar-refractivity contribution in [3.8, 4) is 22.8 Å². The molecule has 5 aromatic heterocycles. The van der Waals surface area contributed by atoms with E-state index in [1.54, 1.807) is 7.11 Å². The molecule has 0 aliphatic carbocycles. The van der Waals surface area contributed by atoms with E-state index in [2.05, 4.69) is 54.3 Å². The summed E-state index contributed by atoms with van der Waals surface area (Å²) in [5, 5.41) is 12.7. The normalized spacial score (nSPS) is 16.8. The second-order valence-electron chi connectivity index (χ2n) is 10.1. The second-order valence-corrected chi connectivity index (χ2v) is 10.1. The van der Waals surface area contributed by atoms with Crippen LogP contribution in [0.15, 0.2) is 55.1 Å². The molecule has 1 spiro atoms. The van der Waals surface area contributed by atoms with Gasteiger partial charge in [-0.25, -0.2) is 14.5 Å². The molecule has 37 heavy (non-hydrogen) atoms. The van der Waals surface area contributed by atoms with Crippen molar-refractivity contribution < 1.29 is 9.47 Å². The maximum Gasteiger partial charge on any atom is 0.212 e. The lowest BCUT2D eigenvalue weighted by Gasteiger charge is -2.60. The average molecular weight is 497 g/mol. The molecule has 0 saturated carbocycles. The highest BCUT2D eigenvalue weighted by molar-refractivity contribution is 6.00. The first-order valence-electron chi connectivity index (χ1n) is 12.5. The number of aromatic nitrogens is 6. The highest BCUT2D eigenvalue weighted by Crippen LogP contribution is 2.42. The predicted molar refractivity (Wildman–Crippen MR) is 140 cm³/mol. The zero-order valence-corrected chi connectivity index (χ0v) is 20.9. The third-order valence-electron chi connectivity index (χ3n) is 7.38. The van der Waals surface area contributed by atoms with Crippen molar-refractivity contribution in [3.05, 3.63) is 60.7 Å². The van der Waals surface area contributed by atoms with Crippen LogP contribution < -0.4 is 14.4 Å². The molecule has 1 N–H and O–H groups in total. The first-order chi connectivity index (χ1) is 18.1. The Bertz CT molecular complexity index is 1560. The molecule has 2 aliphatic heterocycles. The van der Waals surface area contributed by atoms with Crippen molar-refractivity contribution >= 4 is 22.4 Å². The molecule has 7 rings (SSSR count). The number of fused-ring (bicyclic) bond motifs is 3. The summed E-state index contributed by atoms with van der Waals surface area (Å²) < 4.78 is 12.8. The molecule has 188 valence electrons. The summed E-state index contributed by atoms with van der Waals surface area (Å²) in [4.78, 5) is 14.0. The Morgan fingerprint density at radius 1 is 1.03 bits per heavy atom. The van der Waals surface area contributed by atoms with Gasteiger partial charge < -0.3 is 14.4 Å².